The molecule has 0 spiro atoms. The fraction of sp³-hybridized carbons (Fsp3) is 0.133. The Morgan fingerprint density at radius 2 is 2.05 bits per heavy atom. The molecular weight excluding hydrogens is 326 g/mol. The van der Waals surface area contributed by atoms with E-state index >= 15 is 0 Å². The highest BCUT2D eigenvalue weighted by molar-refractivity contribution is 9.08. The van der Waals surface area contributed by atoms with Gasteiger partial charge in [-0.2, -0.15) is 0 Å². The van der Waals surface area contributed by atoms with Gasteiger partial charge in [-0.25, -0.2) is 0 Å². The van der Waals surface area contributed by atoms with Crippen molar-refractivity contribution in [2.24, 2.45) is 0 Å². The third-order valence-electron chi connectivity index (χ3n) is 2.78. The molecule has 0 atom stereocenters. The summed E-state index contributed by atoms with van der Waals surface area (Å²) in [5.41, 5.74) is 3.43. The Labute approximate surface area is 125 Å². The largest absolute Gasteiger partial charge is 0.322 e. The van der Waals surface area contributed by atoms with Crippen molar-refractivity contribution in [2.45, 2.75) is 12.3 Å². The van der Waals surface area contributed by atoms with Gasteiger partial charge in [0, 0.05) is 21.6 Å². The molecule has 98 valence electrons. The first kappa shape index (κ1) is 14.1. The number of benzene rings is 2. The standard InChI is InChI=1S/C15H13BrClNO/c1-10-7-13(17)5-6-14(10)18-15(19)12-4-2-3-11(8-12)9-16/h2-8H,9H2,1H3,(H,18,19). The number of nitrogens with one attached hydrogen (secondary N) is 1. The maximum Gasteiger partial charge on any atom is 0.255 e. The number of halogens is 2. The molecule has 2 rings (SSSR count). The summed E-state index contributed by atoms with van der Waals surface area (Å²) in [6, 6.07) is 12.9. The van der Waals surface area contributed by atoms with E-state index in [9.17, 15) is 4.79 Å². The second kappa shape index (κ2) is 6.22. The van der Waals surface area contributed by atoms with Crippen LogP contribution in [-0.4, -0.2) is 5.91 Å². The number of hydrogen-bond donors (Lipinski definition) is 1. The maximum atomic E-state index is 12.2. The highest BCUT2D eigenvalue weighted by atomic mass is 79.9. The van der Waals surface area contributed by atoms with Crippen molar-refractivity contribution in [3.05, 3.63) is 64.2 Å². The van der Waals surface area contributed by atoms with Crippen LogP contribution in [0, 0.1) is 6.92 Å². The maximum absolute atomic E-state index is 12.2. The van der Waals surface area contributed by atoms with E-state index in [2.05, 4.69) is 21.2 Å². The first-order valence-corrected chi connectivity index (χ1v) is 7.32. The van der Waals surface area contributed by atoms with E-state index in [4.69, 9.17) is 11.6 Å². The lowest BCUT2D eigenvalue weighted by atomic mass is 10.1. The molecule has 0 radical (unpaired) electrons. The monoisotopic (exact) mass is 337 g/mol. The van der Waals surface area contributed by atoms with Crippen molar-refractivity contribution in [2.75, 3.05) is 5.32 Å². The molecule has 0 fully saturated rings. The van der Waals surface area contributed by atoms with Gasteiger partial charge in [-0.1, -0.05) is 39.7 Å². The molecule has 0 aliphatic carbocycles. The zero-order valence-corrected chi connectivity index (χ0v) is 12.8. The minimum atomic E-state index is -0.117. The van der Waals surface area contributed by atoms with E-state index in [0.29, 0.717) is 10.6 Å². The van der Waals surface area contributed by atoms with Crippen LogP contribution in [0.1, 0.15) is 21.5 Å². The first-order valence-electron chi connectivity index (χ1n) is 5.82. The summed E-state index contributed by atoms with van der Waals surface area (Å²) in [5, 5.41) is 4.29. The molecule has 0 aliphatic rings. The van der Waals surface area contributed by atoms with Crippen LogP contribution in [0.15, 0.2) is 42.5 Å². The summed E-state index contributed by atoms with van der Waals surface area (Å²) < 4.78 is 0. The fourth-order valence-electron chi connectivity index (χ4n) is 1.76. The smallest absolute Gasteiger partial charge is 0.255 e. The molecular formula is C15H13BrClNO. The summed E-state index contributed by atoms with van der Waals surface area (Å²) in [4.78, 5) is 12.2. The van der Waals surface area contributed by atoms with Gasteiger partial charge in [0.25, 0.3) is 5.91 Å². The molecule has 0 bridgehead atoms. The van der Waals surface area contributed by atoms with Gasteiger partial charge in [0.1, 0.15) is 0 Å². The number of alkyl halides is 1. The Kier molecular flexibility index (Phi) is 4.61. The second-order valence-electron chi connectivity index (χ2n) is 4.25. The zero-order valence-electron chi connectivity index (χ0n) is 10.4. The Morgan fingerprint density at radius 1 is 1.26 bits per heavy atom. The average Bonchev–Trinajstić information content (AvgIpc) is 2.42. The van der Waals surface area contributed by atoms with Gasteiger partial charge in [0.15, 0.2) is 0 Å². The van der Waals surface area contributed by atoms with Crippen molar-refractivity contribution in [3.63, 3.8) is 0 Å². The molecule has 2 nitrogen and oxygen atoms in total. The number of rotatable bonds is 3. The lowest BCUT2D eigenvalue weighted by Gasteiger charge is -2.09. The van der Waals surface area contributed by atoms with Crippen LogP contribution >= 0.6 is 27.5 Å². The SMILES string of the molecule is Cc1cc(Cl)ccc1NC(=O)c1cccc(CBr)c1. The van der Waals surface area contributed by atoms with Crippen molar-refractivity contribution in [3.8, 4) is 0 Å². The second-order valence-corrected chi connectivity index (χ2v) is 5.24. The molecule has 2 aromatic carbocycles. The minimum Gasteiger partial charge on any atom is -0.322 e. The summed E-state index contributed by atoms with van der Waals surface area (Å²) in [6.45, 7) is 1.91. The lowest BCUT2D eigenvalue weighted by Crippen LogP contribution is -2.12. The van der Waals surface area contributed by atoms with Gasteiger partial charge in [0.2, 0.25) is 0 Å². The first-order chi connectivity index (χ1) is 9.10. The molecule has 4 heteroatoms. The van der Waals surface area contributed by atoms with Crippen LogP contribution in [0.2, 0.25) is 5.02 Å². The van der Waals surface area contributed by atoms with E-state index in [1.807, 2.05) is 37.3 Å². The minimum absolute atomic E-state index is 0.117. The third-order valence-corrected chi connectivity index (χ3v) is 3.66. The third kappa shape index (κ3) is 3.58. The predicted molar refractivity (Wildman–Crippen MR) is 83.2 cm³/mol. The molecule has 0 unspecified atom stereocenters. The Balaban J connectivity index is 2.20. The van der Waals surface area contributed by atoms with Crippen molar-refractivity contribution < 1.29 is 4.79 Å². The Bertz CT molecular complexity index is 613. The molecule has 0 saturated heterocycles. The normalized spacial score (nSPS) is 10.3. The average molecular weight is 339 g/mol. The summed E-state index contributed by atoms with van der Waals surface area (Å²) in [7, 11) is 0. The topological polar surface area (TPSA) is 29.1 Å². The summed E-state index contributed by atoms with van der Waals surface area (Å²) >= 11 is 9.27. The number of amides is 1. The van der Waals surface area contributed by atoms with E-state index in [1.165, 1.54) is 0 Å². The fourth-order valence-corrected chi connectivity index (χ4v) is 2.33. The Morgan fingerprint density at radius 3 is 2.74 bits per heavy atom. The summed E-state index contributed by atoms with van der Waals surface area (Å²) in [6.07, 6.45) is 0. The molecule has 0 aromatic heterocycles. The number of aryl methyl sites for hydroxylation is 1. The van der Waals surface area contributed by atoms with E-state index in [0.717, 1.165) is 22.1 Å². The molecule has 0 aliphatic heterocycles. The molecule has 0 saturated carbocycles. The van der Waals surface area contributed by atoms with Gasteiger partial charge in [-0.3, -0.25) is 4.79 Å². The van der Waals surface area contributed by atoms with Gasteiger partial charge in [0.05, 0.1) is 0 Å². The van der Waals surface area contributed by atoms with Crippen LogP contribution in [0.4, 0.5) is 5.69 Å². The molecule has 0 heterocycles. The molecule has 1 N–H and O–H groups in total. The van der Waals surface area contributed by atoms with Crippen molar-refractivity contribution in [1.29, 1.82) is 0 Å². The Hall–Kier alpha value is -1.32. The van der Waals surface area contributed by atoms with Crippen molar-refractivity contribution >= 4 is 39.1 Å². The highest BCUT2D eigenvalue weighted by Gasteiger charge is 2.08. The zero-order chi connectivity index (χ0) is 13.8. The highest BCUT2D eigenvalue weighted by Crippen LogP contribution is 2.20. The lowest BCUT2D eigenvalue weighted by molar-refractivity contribution is 0.102. The van der Waals surface area contributed by atoms with Crippen LogP contribution in [0.5, 0.6) is 0 Å². The van der Waals surface area contributed by atoms with Crippen LogP contribution < -0.4 is 5.32 Å². The number of hydrogen-bond acceptors (Lipinski definition) is 1. The number of carbonyl (C=O) groups is 1. The predicted octanol–water partition coefficient (Wildman–Crippen LogP) is 4.80. The van der Waals surface area contributed by atoms with Gasteiger partial charge in [-0.05, 0) is 48.4 Å². The van der Waals surface area contributed by atoms with Crippen LogP contribution in [0.25, 0.3) is 0 Å². The van der Waals surface area contributed by atoms with Crippen LogP contribution in [-0.2, 0) is 5.33 Å². The summed E-state index contributed by atoms with van der Waals surface area (Å²) in [5.74, 6) is -0.117. The van der Waals surface area contributed by atoms with Crippen LogP contribution in [0.3, 0.4) is 0 Å². The van der Waals surface area contributed by atoms with Gasteiger partial charge in [-0.15, -0.1) is 0 Å². The van der Waals surface area contributed by atoms with E-state index < -0.39 is 0 Å². The number of carbonyl (C=O) groups excluding carboxylic acids is 1. The van der Waals surface area contributed by atoms with E-state index in [-0.39, 0.29) is 5.91 Å². The van der Waals surface area contributed by atoms with E-state index in [1.54, 1.807) is 12.1 Å². The quantitative estimate of drug-likeness (QED) is 0.801. The van der Waals surface area contributed by atoms with Gasteiger partial charge >= 0.3 is 0 Å². The number of anilines is 1. The van der Waals surface area contributed by atoms with Gasteiger partial charge < -0.3 is 5.32 Å². The molecule has 19 heavy (non-hydrogen) atoms. The molecule has 1 amide bonds. The molecule has 2 aromatic rings. The van der Waals surface area contributed by atoms with Crippen molar-refractivity contribution in [1.82, 2.24) is 0 Å².